The topological polar surface area (TPSA) is 134 Å². The molecule has 3 amide bonds. The summed E-state index contributed by atoms with van der Waals surface area (Å²) in [4.78, 5) is 52.4. The molecule has 1 aromatic rings. The molecule has 1 aromatic carbocycles. The van der Waals surface area contributed by atoms with Gasteiger partial charge >= 0.3 is 12.1 Å². The lowest BCUT2D eigenvalue weighted by Gasteiger charge is -2.43. The zero-order valence-electron chi connectivity index (χ0n) is 21.1. The number of alkyl carbamates (subject to hydrolysis) is 1. The van der Waals surface area contributed by atoms with E-state index in [2.05, 4.69) is 10.6 Å². The van der Waals surface area contributed by atoms with Crippen molar-refractivity contribution in [3.05, 3.63) is 29.8 Å². The minimum atomic E-state index is -1.02. The Bertz CT molecular complexity index is 891. The Hall–Kier alpha value is -3.30. The Morgan fingerprint density at radius 3 is 2.29 bits per heavy atom. The zero-order chi connectivity index (χ0) is 26.2. The Balaban J connectivity index is 2.28. The van der Waals surface area contributed by atoms with Crippen LogP contribution in [0.25, 0.3) is 0 Å². The minimum Gasteiger partial charge on any atom is -0.508 e. The molecule has 0 bridgehead atoms. The fourth-order valence-electron chi connectivity index (χ4n) is 3.67. The summed E-state index contributed by atoms with van der Waals surface area (Å²) in [6, 6.07) is 3.89. The number of rotatable bonds is 10. The van der Waals surface area contributed by atoms with Gasteiger partial charge < -0.3 is 30.1 Å². The van der Waals surface area contributed by atoms with Crippen LogP contribution < -0.4 is 10.6 Å². The number of aromatic hydroxyl groups is 1. The highest BCUT2D eigenvalue weighted by atomic mass is 16.6. The first-order valence-corrected chi connectivity index (χ1v) is 12.0. The van der Waals surface area contributed by atoms with Crippen molar-refractivity contribution in [2.75, 3.05) is 13.2 Å². The second-order valence-corrected chi connectivity index (χ2v) is 9.54. The van der Waals surface area contributed by atoms with Gasteiger partial charge in [-0.15, -0.1) is 0 Å². The number of nitrogens with one attached hydrogen (secondary N) is 2. The molecule has 1 fully saturated rings. The minimum absolute atomic E-state index is 0.00411. The van der Waals surface area contributed by atoms with Crippen molar-refractivity contribution in [2.45, 2.75) is 84.0 Å². The average molecular weight is 492 g/mol. The molecule has 0 spiro atoms. The lowest BCUT2D eigenvalue weighted by Crippen LogP contribution is -2.56. The predicted molar refractivity (Wildman–Crippen MR) is 128 cm³/mol. The van der Waals surface area contributed by atoms with Gasteiger partial charge in [0.25, 0.3) is 0 Å². The molecule has 0 aromatic heterocycles. The summed E-state index contributed by atoms with van der Waals surface area (Å²) in [6.07, 6.45) is 1.61. The number of hydrogen-bond donors (Lipinski definition) is 3. The van der Waals surface area contributed by atoms with Crippen molar-refractivity contribution in [1.82, 2.24) is 15.5 Å². The third kappa shape index (κ3) is 8.45. The van der Waals surface area contributed by atoms with Gasteiger partial charge in [-0.25, -0.2) is 4.79 Å². The van der Waals surface area contributed by atoms with Gasteiger partial charge in [0.1, 0.15) is 23.4 Å². The molecule has 0 radical (unpaired) electrons. The summed E-state index contributed by atoms with van der Waals surface area (Å²) in [5.74, 6) is -1.31. The number of benzene rings is 1. The van der Waals surface area contributed by atoms with Crippen LogP contribution in [0.5, 0.6) is 5.75 Å². The molecule has 0 heterocycles. The van der Waals surface area contributed by atoms with Crippen molar-refractivity contribution in [1.29, 1.82) is 0 Å². The lowest BCUT2D eigenvalue weighted by molar-refractivity contribution is -0.147. The number of hydrogen-bond acceptors (Lipinski definition) is 7. The molecule has 35 heavy (non-hydrogen) atoms. The quantitative estimate of drug-likeness (QED) is 0.429. The van der Waals surface area contributed by atoms with Crippen LogP contribution in [0, 0.1) is 0 Å². The zero-order valence-corrected chi connectivity index (χ0v) is 21.1. The number of phenols is 1. The molecule has 2 atom stereocenters. The van der Waals surface area contributed by atoms with E-state index in [1.165, 1.54) is 17.0 Å². The van der Waals surface area contributed by atoms with Gasteiger partial charge in [-0.3, -0.25) is 14.4 Å². The van der Waals surface area contributed by atoms with Gasteiger partial charge in [0.2, 0.25) is 11.8 Å². The highest BCUT2D eigenvalue weighted by Crippen LogP contribution is 2.34. The van der Waals surface area contributed by atoms with E-state index in [1.807, 2.05) is 0 Å². The number of carbonyl (C=O) groups is 4. The molecule has 1 aliphatic carbocycles. The van der Waals surface area contributed by atoms with E-state index >= 15 is 0 Å². The van der Waals surface area contributed by atoms with Crippen molar-refractivity contribution in [3.8, 4) is 5.75 Å². The second kappa shape index (κ2) is 12.4. The van der Waals surface area contributed by atoms with Gasteiger partial charge in [-0.2, -0.15) is 0 Å². The van der Waals surface area contributed by atoms with Crippen LogP contribution in [-0.4, -0.2) is 64.7 Å². The average Bonchev–Trinajstić information content (AvgIpc) is 2.71. The van der Waals surface area contributed by atoms with E-state index in [4.69, 9.17) is 9.47 Å². The highest BCUT2D eigenvalue weighted by molar-refractivity contribution is 5.92. The first-order valence-electron chi connectivity index (χ1n) is 12.0. The number of amides is 3. The van der Waals surface area contributed by atoms with E-state index in [9.17, 15) is 24.3 Å². The highest BCUT2D eigenvalue weighted by Gasteiger charge is 2.40. The summed E-state index contributed by atoms with van der Waals surface area (Å²) in [5, 5.41) is 15.0. The maximum absolute atomic E-state index is 13.6. The van der Waals surface area contributed by atoms with Gasteiger partial charge in [0.05, 0.1) is 13.0 Å². The van der Waals surface area contributed by atoms with Crippen molar-refractivity contribution >= 4 is 23.9 Å². The Labute approximate surface area is 206 Å². The summed E-state index contributed by atoms with van der Waals surface area (Å²) < 4.78 is 10.2. The van der Waals surface area contributed by atoms with Crippen LogP contribution in [0.3, 0.4) is 0 Å². The van der Waals surface area contributed by atoms with E-state index in [0.29, 0.717) is 5.56 Å². The monoisotopic (exact) mass is 491 g/mol. The number of nitrogens with zero attached hydrogens (tertiary/aromatic N) is 1. The lowest BCUT2D eigenvalue weighted by atomic mass is 9.88. The summed E-state index contributed by atoms with van der Waals surface area (Å²) in [6.45, 7) is 8.71. The van der Waals surface area contributed by atoms with Gasteiger partial charge in [-0.1, -0.05) is 12.1 Å². The fraction of sp³-hybridized carbons (Fsp3) is 0.600. The van der Waals surface area contributed by atoms with Gasteiger partial charge in [0, 0.05) is 12.6 Å². The maximum Gasteiger partial charge on any atom is 0.408 e. The standard InChI is InChI=1S/C25H37N3O7/c1-6-34-20(30)14-15-26-22(31)21(17-10-12-19(29)13-11-17)28(18-8-7-9-18)23(32)16(2)27-24(33)35-25(3,4)5/h10-13,16,18,21,29H,6-9,14-15H2,1-5H3,(H,26,31)(H,27,33). The second-order valence-electron chi connectivity index (χ2n) is 9.54. The molecular formula is C25H37N3O7. The Morgan fingerprint density at radius 2 is 1.77 bits per heavy atom. The van der Waals surface area contributed by atoms with Crippen LogP contribution >= 0.6 is 0 Å². The molecule has 3 N–H and O–H groups in total. The number of ether oxygens (including phenoxy) is 2. The number of carbonyl (C=O) groups excluding carboxylic acids is 4. The van der Waals surface area contributed by atoms with Crippen LogP contribution in [0.1, 0.15) is 71.9 Å². The molecule has 0 saturated heterocycles. The molecule has 10 nitrogen and oxygen atoms in total. The van der Waals surface area contributed by atoms with Crippen molar-refractivity contribution in [2.24, 2.45) is 0 Å². The fourth-order valence-corrected chi connectivity index (χ4v) is 3.67. The Kier molecular flexibility index (Phi) is 9.91. The van der Waals surface area contributed by atoms with Crippen LogP contribution in [0.4, 0.5) is 4.79 Å². The van der Waals surface area contributed by atoms with Crippen LogP contribution in [0.2, 0.25) is 0 Å². The first-order chi connectivity index (χ1) is 16.4. The first kappa shape index (κ1) is 27.9. The van der Waals surface area contributed by atoms with Crippen LogP contribution in [-0.2, 0) is 23.9 Å². The Morgan fingerprint density at radius 1 is 1.14 bits per heavy atom. The predicted octanol–water partition coefficient (Wildman–Crippen LogP) is 2.80. The maximum atomic E-state index is 13.6. The molecule has 10 heteroatoms. The molecule has 1 aliphatic rings. The molecule has 0 aliphatic heterocycles. The molecule has 194 valence electrons. The van der Waals surface area contributed by atoms with Crippen molar-refractivity contribution < 1.29 is 33.8 Å². The number of phenolic OH excluding ortho intramolecular Hbond substituents is 1. The third-order valence-corrected chi connectivity index (χ3v) is 5.50. The third-order valence-electron chi connectivity index (χ3n) is 5.50. The van der Waals surface area contributed by atoms with E-state index in [1.54, 1.807) is 46.8 Å². The SMILES string of the molecule is CCOC(=O)CCNC(=O)C(c1ccc(O)cc1)N(C(=O)C(C)NC(=O)OC(C)(C)C)C1CCC1. The molecule has 2 unspecified atom stereocenters. The van der Waals surface area contributed by atoms with E-state index in [0.717, 1.165) is 19.3 Å². The van der Waals surface area contributed by atoms with Gasteiger partial charge in [0.15, 0.2) is 0 Å². The van der Waals surface area contributed by atoms with E-state index in [-0.39, 0.29) is 31.4 Å². The summed E-state index contributed by atoms with van der Waals surface area (Å²) in [7, 11) is 0. The van der Waals surface area contributed by atoms with Crippen LogP contribution in [0.15, 0.2) is 24.3 Å². The molecule has 2 rings (SSSR count). The normalized spacial score (nSPS) is 15.2. The summed E-state index contributed by atoms with van der Waals surface area (Å²) in [5.41, 5.74) is -0.227. The molecular weight excluding hydrogens is 454 g/mol. The van der Waals surface area contributed by atoms with E-state index < -0.39 is 41.6 Å². The van der Waals surface area contributed by atoms with Crippen molar-refractivity contribution in [3.63, 3.8) is 0 Å². The molecule has 1 saturated carbocycles. The smallest absolute Gasteiger partial charge is 0.408 e. The van der Waals surface area contributed by atoms with Gasteiger partial charge in [-0.05, 0) is 71.6 Å². The largest absolute Gasteiger partial charge is 0.508 e. The number of esters is 1. The summed E-state index contributed by atoms with van der Waals surface area (Å²) >= 11 is 0.